The molecule has 2 atom stereocenters. The van der Waals surface area contributed by atoms with Crippen molar-refractivity contribution >= 4 is 0 Å². The van der Waals surface area contributed by atoms with E-state index in [1.54, 1.807) is 0 Å². The molecule has 0 spiro atoms. The Bertz CT molecular complexity index is 654. The third-order valence-corrected chi connectivity index (χ3v) is 4.80. The first-order valence-corrected chi connectivity index (χ1v) is 9.81. The molecule has 0 amide bonds. The molecular formula is C20H26F6O3. The molecule has 0 radical (unpaired) electrons. The number of halogens is 6. The zero-order chi connectivity index (χ0) is 21.7. The molecule has 2 unspecified atom stereocenters. The third-order valence-electron chi connectivity index (χ3n) is 4.80. The fourth-order valence-electron chi connectivity index (χ4n) is 3.25. The Morgan fingerprint density at radius 3 is 2.28 bits per heavy atom. The molecule has 3 nitrogen and oxygen atoms in total. The maximum Gasteiger partial charge on any atom is 0.424 e. The van der Waals surface area contributed by atoms with Gasteiger partial charge in [0.15, 0.2) is 17.7 Å². The third kappa shape index (κ3) is 6.17. The molecule has 1 aromatic rings. The van der Waals surface area contributed by atoms with Crippen molar-refractivity contribution in [2.45, 2.75) is 70.8 Å². The number of rotatable bonds is 9. The van der Waals surface area contributed by atoms with E-state index in [4.69, 9.17) is 9.47 Å². The van der Waals surface area contributed by atoms with E-state index in [9.17, 15) is 26.3 Å². The van der Waals surface area contributed by atoms with Gasteiger partial charge in [-0.1, -0.05) is 26.7 Å². The highest BCUT2D eigenvalue weighted by molar-refractivity contribution is 5.44. The van der Waals surface area contributed by atoms with Crippen molar-refractivity contribution in [2.24, 2.45) is 5.92 Å². The first-order chi connectivity index (χ1) is 13.6. The van der Waals surface area contributed by atoms with Crippen molar-refractivity contribution in [3.05, 3.63) is 23.5 Å². The molecule has 0 aliphatic carbocycles. The average molecular weight is 428 g/mol. The highest BCUT2D eigenvalue weighted by Gasteiger charge is 2.48. The average Bonchev–Trinajstić information content (AvgIpc) is 2.63. The quantitative estimate of drug-likeness (QED) is 0.328. The SMILES string of the molecule is CCCCOc1ccc(OC(F)(F)C2CCC(CCC)CO2)c(C(F)(F)F)c1F. The predicted octanol–water partition coefficient (Wildman–Crippen LogP) is 6.59. The second-order valence-corrected chi connectivity index (χ2v) is 7.17. The molecule has 9 heteroatoms. The molecule has 0 N–H and O–H groups in total. The number of benzene rings is 1. The van der Waals surface area contributed by atoms with Crippen LogP contribution in [0.25, 0.3) is 0 Å². The number of unbranched alkanes of at least 4 members (excludes halogenated alkanes) is 1. The summed E-state index contributed by atoms with van der Waals surface area (Å²) < 4.78 is 98.1. The molecule has 1 heterocycles. The van der Waals surface area contributed by atoms with Crippen LogP contribution in [0.5, 0.6) is 11.5 Å². The lowest BCUT2D eigenvalue weighted by atomic mass is 9.94. The van der Waals surface area contributed by atoms with Gasteiger partial charge in [0.25, 0.3) is 0 Å². The predicted molar refractivity (Wildman–Crippen MR) is 94.8 cm³/mol. The summed E-state index contributed by atoms with van der Waals surface area (Å²) in [5.41, 5.74) is -1.91. The Kier molecular flexibility index (Phi) is 8.08. The molecule has 1 aromatic carbocycles. The van der Waals surface area contributed by atoms with Crippen molar-refractivity contribution < 1.29 is 40.6 Å². The van der Waals surface area contributed by atoms with Crippen LogP contribution < -0.4 is 9.47 Å². The maximum atomic E-state index is 14.5. The summed E-state index contributed by atoms with van der Waals surface area (Å²) in [6.07, 6.45) is -7.65. The van der Waals surface area contributed by atoms with Gasteiger partial charge in [0, 0.05) is 0 Å². The molecular weight excluding hydrogens is 402 g/mol. The minimum atomic E-state index is -5.24. The van der Waals surface area contributed by atoms with Crippen LogP contribution in [0, 0.1) is 11.7 Å². The summed E-state index contributed by atoms with van der Waals surface area (Å²) in [4.78, 5) is 0. The Morgan fingerprint density at radius 2 is 1.72 bits per heavy atom. The minimum absolute atomic E-state index is 0.00984. The minimum Gasteiger partial charge on any atom is -0.490 e. The Hall–Kier alpha value is -1.64. The summed E-state index contributed by atoms with van der Waals surface area (Å²) >= 11 is 0. The van der Waals surface area contributed by atoms with E-state index in [0.29, 0.717) is 25.3 Å². The van der Waals surface area contributed by atoms with Gasteiger partial charge in [-0.25, -0.2) is 4.39 Å². The van der Waals surface area contributed by atoms with E-state index >= 15 is 0 Å². The zero-order valence-electron chi connectivity index (χ0n) is 16.5. The lowest BCUT2D eigenvalue weighted by molar-refractivity contribution is -0.266. The standard InChI is InChI=1S/C20H26F6O3/c1-3-5-11-27-15-9-8-14(17(18(15)21)19(22,23)24)29-20(25,26)16-10-7-13(6-4-2)12-28-16/h8-9,13,16H,3-7,10-12H2,1-2H3. The molecule has 0 aromatic heterocycles. The van der Waals surface area contributed by atoms with Gasteiger partial charge in [0.05, 0.1) is 13.2 Å². The Morgan fingerprint density at radius 1 is 1.03 bits per heavy atom. The van der Waals surface area contributed by atoms with Gasteiger partial charge in [-0.05, 0) is 43.7 Å². The van der Waals surface area contributed by atoms with Crippen LogP contribution >= 0.6 is 0 Å². The molecule has 1 fully saturated rings. The molecule has 1 aliphatic heterocycles. The van der Waals surface area contributed by atoms with Crippen LogP contribution in [-0.4, -0.2) is 25.4 Å². The summed E-state index contributed by atoms with van der Waals surface area (Å²) in [7, 11) is 0. The van der Waals surface area contributed by atoms with Crippen LogP contribution in [0.2, 0.25) is 0 Å². The van der Waals surface area contributed by atoms with Crippen molar-refractivity contribution in [1.82, 2.24) is 0 Å². The van der Waals surface area contributed by atoms with Crippen LogP contribution in [-0.2, 0) is 10.9 Å². The summed E-state index contributed by atoms with van der Waals surface area (Å²) in [5, 5.41) is 0. The molecule has 2 rings (SSSR count). The first-order valence-electron chi connectivity index (χ1n) is 9.81. The van der Waals surface area contributed by atoms with Gasteiger partial charge < -0.3 is 14.2 Å². The van der Waals surface area contributed by atoms with Crippen molar-refractivity contribution in [3.63, 3.8) is 0 Å². The highest BCUT2D eigenvalue weighted by atomic mass is 19.4. The van der Waals surface area contributed by atoms with Crippen molar-refractivity contribution in [2.75, 3.05) is 13.2 Å². The molecule has 166 valence electrons. The second kappa shape index (κ2) is 9.91. The Balaban J connectivity index is 2.21. The van der Waals surface area contributed by atoms with Gasteiger partial charge in [-0.3, -0.25) is 0 Å². The molecule has 1 aliphatic rings. The van der Waals surface area contributed by atoms with Gasteiger partial charge in [0.2, 0.25) is 0 Å². The van der Waals surface area contributed by atoms with Crippen LogP contribution in [0.1, 0.15) is 57.9 Å². The summed E-state index contributed by atoms with van der Waals surface area (Å²) in [6, 6.07) is 1.52. The van der Waals surface area contributed by atoms with Gasteiger partial charge in [0.1, 0.15) is 11.3 Å². The molecule has 1 saturated heterocycles. The van der Waals surface area contributed by atoms with E-state index in [1.807, 2.05) is 13.8 Å². The van der Waals surface area contributed by atoms with E-state index in [2.05, 4.69) is 4.74 Å². The molecule has 0 bridgehead atoms. The second-order valence-electron chi connectivity index (χ2n) is 7.17. The summed E-state index contributed by atoms with van der Waals surface area (Å²) in [5.74, 6) is -3.58. The van der Waals surface area contributed by atoms with Crippen molar-refractivity contribution in [1.29, 1.82) is 0 Å². The van der Waals surface area contributed by atoms with E-state index in [-0.39, 0.29) is 25.6 Å². The number of alkyl halides is 5. The van der Waals surface area contributed by atoms with E-state index in [0.717, 1.165) is 18.9 Å². The normalized spacial score (nSPS) is 20.6. The fraction of sp³-hybridized carbons (Fsp3) is 0.700. The number of ether oxygens (including phenoxy) is 3. The van der Waals surface area contributed by atoms with E-state index < -0.39 is 41.3 Å². The highest BCUT2D eigenvalue weighted by Crippen LogP contribution is 2.44. The largest absolute Gasteiger partial charge is 0.490 e. The smallest absolute Gasteiger partial charge is 0.424 e. The topological polar surface area (TPSA) is 27.7 Å². The lowest BCUT2D eigenvalue weighted by Crippen LogP contribution is -2.44. The maximum absolute atomic E-state index is 14.5. The van der Waals surface area contributed by atoms with E-state index in [1.165, 1.54) is 0 Å². The van der Waals surface area contributed by atoms with Crippen molar-refractivity contribution in [3.8, 4) is 11.5 Å². The van der Waals surface area contributed by atoms with Crippen LogP contribution in [0.4, 0.5) is 26.3 Å². The van der Waals surface area contributed by atoms with Crippen LogP contribution in [0.15, 0.2) is 12.1 Å². The molecule has 0 saturated carbocycles. The Labute approximate surface area is 166 Å². The van der Waals surface area contributed by atoms with Gasteiger partial charge in [-0.2, -0.15) is 22.0 Å². The number of hydrogen-bond acceptors (Lipinski definition) is 3. The van der Waals surface area contributed by atoms with Crippen LogP contribution in [0.3, 0.4) is 0 Å². The monoisotopic (exact) mass is 428 g/mol. The van der Waals surface area contributed by atoms with Gasteiger partial charge >= 0.3 is 12.3 Å². The zero-order valence-corrected chi connectivity index (χ0v) is 16.5. The first kappa shape index (κ1) is 23.6. The number of hydrogen-bond donors (Lipinski definition) is 0. The lowest BCUT2D eigenvalue weighted by Gasteiger charge is -2.33. The fourth-order valence-corrected chi connectivity index (χ4v) is 3.25. The van der Waals surface area contributed by atoms with Gasteiger partial charge in [-0.15, -0.1) is 0 Å². The molecule has 29 heavy (non-hydrogen) atoms. The summed E-state index contributed by atoms with van der Waals surface area (Å²) in [6.45, 7) is 3.89.